The summed E-state index contributed by atoms with van der Waals surface area (Å²) in [5, 5.41) is 12.9. The molecule has 1 aromatic heterocycles. The minimum atomic E-state index is -0.178. The van der Waals surface area contributed by atoms with E-state index in [1.165, 1.54) is 17.3 Å². The first-order valence-corrected chi connectivity index (χ1v) is 10.6. The van der Waals surface area contributed by atoms with Crippen LogP contribution in [0.5, 0.6) is 5.75 Å². The Balaban J connectivity index is 1.53. The van der Waals surface area contributed by atoms with Crippen molar-refractivity contribution in [1.29, 1.82) is 0 Å². The van der Waals surface area contributed by atoms with E-state index in [4.69, 9.17) is 16.3 Å². The van der Waals surface area contributed by atoms with Gasteiger partial charge in [0.2, 0.25) is 5.91 Å². The first kappa shape index (κ1) is 19.8. The summed E-state index contributed by atoms with van der Waals surface area (Å²) in [6.45, 7) is 4.33. The maximum Gasteiger partial charge on any atom is 0.234 e. The Kier molecular flexibility index (Phi) is 5.27. The van der Waals surface area contributed by atoms with E-state index >= 15 is 0 Å². The Hall–Kier alpha value is -2.51. The smallest absolute Gasteiger partial charge is 0.234 e. The number of hydrogen-bond acceptors (Lipinski definition) is 5. The lowest BCUT2D eigenvalue weighted by Crippen LogP contribution is -2.33. The molecule has 1 aliphatic rings. The van der Waals surface area contributed by atoms with Crippen molar-refractivity contribution < 1.29 is 9.53 Å². The minimum Gasteiger partial charge on any atom is -0.495 e. The van der Waals surface area contributed by atoms with E-state index in [2.05, 4.69) is 46.1 Å². The van der Waals surface area contributed by atoms with E-state index in [1.54, 1.807) is 25.3 Å². The third-order valence-electron chi connectivity index (χ3n) is 4.89. The average Bonchev–Trinajstić information content (AvgIpc) is 3.12. The molecule has 0 radical (unpaired) electrons. The highest BCUT2D eigenvalue weighted by Gasteiger charge is 2.34. The van der Waals surface area contributed by atoms with Crippen molar-refractivity contribution in [3.63, 3.8) is 0 Å². The maximum atomic E-state index is 12.5. The number of benzene rings is 2. The second-order valence-electron chi connectivity index (χ2n) is 7.47. The summed E-state index contributed by atoms with van der Waals surface area (Å²) in [4.78, 5) is 12.5. The van der Waals surface area contributed by atoms with Gasteiger partial charge in [0.25, 0.3) is 0 Å². The number of thioether (sulfide) groups is 1. The molecule has 8 heteroatoms. The number of carbonyl (C=O) groups is 1. The highest BCUT2D eigenvalue weighted by atomic mass is 35.5. The van der Waals surface area contributed by atoms with Crippen LogP contribution in [-0.4, -0.2) is 33.5 Å². The lowest BCUT2D eigenvalue weighted by Gasteiger charge is -2.34. The standard InChI is InChI=1S/C21H21ClN4O2S/c1-21(2)11-13-6-4-5-7-15(13)19-24-25-20(26(19)21)29-12-18(27)23-16-10-14(22)8-9-17(16)28-3/h4-10H,11-12H2,1-3H3,(H,23,27). The van der Waals surface area contributed by atoms with Crippen LogP contribution in [0, 0.1) is 0 Å². The number of aromatic nitrogens is 3. The van der Waals surface area contributed by atoms with Gasteiger partial charge in [-0.15, -0.1) is 10.2 Å². The van der Waals surface area contributed by atoms with Gasteiger partial charge in [-0.2, -0.15) is 0 Å². The SMILES string of the molecule is COc1ccc(Cl)cc1NC(=O)CSc1nnc2n1C(C)(C)Cc1ccccc1-2. The molecule has 0 atom stereocenters. The van der Waals surface area contributed by atoms with Gasteiger partial charge in [-0.05, 0) is 44.0 Å². The Morgan fingerprint density at radius 1 is 1.28 bits per heavy atom. The molecule has 1 aliphatic heterocycles. The zero-order valence-corrected chi connectivity index (χ0v) is 18.0. The van der Waals surface area contributed by atoms with E-state index in [9.17, 15) is 4.79 Å². The molecule has 1 N–H and O–H groups in total. The molecule has 0 saturated heterocycles. The van der Waals surface area contributed by atoms with Gasteiger partial charge in [-0.1, -0.05) is 47.6 Å². The lowest BCUT2D eigenvalue weighted by molar-refractivity contribution is -0.113. The summed E-state index contributed by atoms with van der Waals surface area (Å²) in [7, 11) is 1.55. The van der Waals surface area contributed by atoms with Crippen molar-refractivity contribution in [2.24, 2.45) is 0 Å². The molecule has 0 spiro atoms. The van der Waals surface area contributed by atoms with Crippen LogP contribution in [0.15, 0.2) is 47.6 Å². The van der Waals surface area contributed by atoms with Gasteiger partial charge >= 0.3 is 0 Å². The second kappa shape index (κ2) is 7.72. The molecule has 3 aromatic rings. The molecule has 0 aliphatic carbocycles. The number of nitrogens with zero attached hydrogens (tertiary/aromatic N) is 3. The minimum absolute atomic E-state index is 0.165. The number of carbonyl (C=O) groups excluding carboxylic acids is 1. The van der Waals surface area contributed by atoms with Gasteiger partial charge in [0.1, 0.15) is 5.75 Å². The number of methoxy groups -OCH3 is 1. The first-order valence-electron chi connectivity index (χ1n) is 9.19. The molecule has 0 fully saturated rings. The highest BCUT2D eigenvalue weighted by Crippen LogP contribution is 2.39. The third-order valence-corrected chi connectivity index (χ3v) is 6.05. The van der Waals surface area contributed by atoms with E-state index in [0.717, 1.165) is 23.0 Å². The molecule has 2 heterocycles. The predicted molar refractivity (Wildman–Crippen MR) is 116 cm³/mol. The summed E-state index contributed by atoms with van der Waals surface area (Å²) in [6.07, 6.45) is 0.883. The fourth-order valence-corrected chi connectivity index (χ4v) is 4.68. The lowest BCUT2D eigenvalue weighted by atomic mass is 9.87. The molecule has 0 unspecified atom stereocenters. The fraction of sp³-hybridized carbons (Fsp3) is 0.286. The number of fused-ring (bicyclic) bond motifs is 3. The molecule has 0 saturated carbocycles. The molecular weight excluding hydrogens is 408 g/mol. The topological polar surface area (TPSA) is 69.0 Å². The zero-order chi connectivity index (χ0) is 20.6. The summed E-state index contributed by atoms with van der Waals surface area (Å²) in [5.74, 6) is 1.44. The largest absolute Gasteiger partial charge is 0.495 e. The van der Waals surface area contributed by atoms with Crippen LogP contribution in [0.4, 0.5) is 5.69 Å². The summed E-state index contributed by atoms with van der Waals surface area (Å²) in [6, 6.07) is 13.4. The van der Waals surface area contributed by atoms with Gasteiger partial charge in [-0.25, -0.2) is 0 Å². The maximum absolute atomic E-state index is 12.5. The summed E-state index contributed by atoms with van der Waals surface area (Å²) in [5.41, 5.74) is 2.73. The number of anilines is 1. The number of nitrogens with one attached hydrogen (secondary N) is 1. The number of halogens is 1. The van der Waals surface area contributed by atoms with E-state index in [-0.39, 0.29) is 17.2 Å². The van der Waals surface area contributed by atoms with Gasteiger partial charge in [0, 0.05) is 16.1 Å². The van der Waals surface area contributed by atoms with Crippen LogP contribution in [-0.2, 0) is 16.8 Å². The summed E-state index contributed by atoms with van der Waals surface area (Å²) < 4.78 is 7.41. The van der Waals surface area contributed by atoms with Crippen LogP contribution in [0.2, 0.25) is 5.02 Å². The van der Waals surface area contributed by atoms with Crippen LogP contribution < -0.4 is 10.1 Å². The normalized spacial score (nSPS) is 14.1. The van der Waals surface area contributed by atoms with Gasteiger partial charge in [-0.3, -0.25) is 9.36 Å². The molecule has 1 amide bonds. The molecule has 150 valence electrons. The van der Waals surface area contributed by atoms with Crippen molar-refractivity contribution in [1.82, 2.24) is 14.8 Å². The van der Waals surface area contributed by atoms with Crippen LogP contribution >= 0.6 is 23.4 Å². The van der Waals surface area contributed by atoms with Gasteiger partial charge in [0.15, 0.2) is 11.0 Å². The van der Waals surface area contributed by atoms with Gasteiger partial charge < -0.3 is 10.1 Å². The summed E-state index contributed by atoms with van der Waals surface area (Å²) >= 11 is 7.40. The highest BCUT2D eigenvalue weighted by molar-refractivity contribution is 7.99. The number of hydrogen-bond donors (Lipinski definition) is 1. The van der Waals surface area contributed by atoms with Crippen molar-refractivity contribution in [2.75, 3.05) is 18.2 Å². The fourth-order valence-electron chi connectivity index (χ4n) is 3.62. The van der Waals surface area contributed by atoms with Crippen molar-refractivity contribution in [3.8, 4) is 17.1 Å². The van der Waals surface area contributed by atoms with E-state index < -0.39 is 0 Å². The Morgan fingerprint density at radius 3 is 2.86 bits per heavy atom. The zero-order valence-electron chi connectivity index (χ0n) is 16.4. The molecule has 4 rings (SSSR count). The van der Waals surface area contributed by atoms with E-state index in [0.29, 0.717) is 16.5 Å². The van der Waals surface area contributed by atoms with Gasteiger partial charge in [0.05, 0.1) is 18.6 Å². The number of rotatable bonds is 5. The predicted octanol–water partition coefficient (Wildman–Crippen LogP) is 4.63. The monoisotopic (exact) mass is 428 g/mol. The Bertz CT molecular complexity index is 1080. The van der Waals surface area contributed by atoms with Crippen LogP contribution in [0.3, 0.4) is 0 Å². The van der Waals surface area contributed by atoms with Crippen LogP contribution in [0.25, 0.3) is 11.4 Å². The van der Waals surface area contributed by atoms with E-state index in [1.807, 2.05) is 12.1 Å². The molecule has 2 aromatic carbocycles. The first-order chi connectivity index (χ1) is 13.9. The second-order valence-corrected chi connectivity index (χ2v) is 8.85. The molecule has 0 bridgehead atoms. The van der Waals surface area contributed by atoms with Crippen LogP contribution in [0.1, 0.15) is 19.4 Å². The van der Waals surface area contributed by atoms with Crippen molar-refractivity contribution in [2.45, 2.75) is 31.0 Å². The molecular formula is C21H21ClN4O2S. The third kappa shape index (κ3) is 3.84. The molecule has 6 nitrogen and oxygen atoms in total. The Morgan fingerprint density at radius 2 is 2.07 bits per heavy atom. The average molecular weight is 429 g/mol. The number of amides is 1. The number of ether oxygens (including phenoxy) is 1. The molecule has 29 heavy (non-hydrogen) atoms. The Labute approximate surface area is 178 Å². The quantitative estimate of drug-likeness (QED) is 0.600. The van der Waals surface area contributed by atoms with Crippen molar-refractivity contribution >= 4 is 35.0 Å². The van der Waals surface area contributed by atoms with Crippen molar-refractivity contribution in [3.05, 3.63) is 53.1 Å².